The summed E-state index contributed by atoms with van der Waals surface area (Å²) < 4.78 is 104. The predicted octanol–water partition coefficient (Wildman–Crippen LogP) is -1.14. The van der Waals surface area contributed by atoms with E-state index < -0.39 is 214 Å². The van der Waals surface area contributed by atoms with Crippen LogP contribution in [0.2, 0.25) is 0 Å². The molecule has 0 radical (unpaired) electrons. The minimum Gasteiger partial charge on any atom is -0.463 e. The summed E-state index contributed by atoms with van der Waals surface area (Å²) in [5, 5.41) is 3.13. The molecule has 3 heterocycles. The largest absolute Gasteiger partial charge is 0.463 e. The van der Waals surface area contributed by atoms with Gasteiger partial charge in [0, 0.05) is 95.6 Å². The lowest BCUT2D eigenvalue weighted by Gasteiger charge is -2.51. The molecule has 3 saturated heterocycles. The highest BCUT2D eigenvalue weighted by Crippen LogP contribution is 2.39. The first-order valence-electron chi connectivity index (χ1n) is 25.6. The van der Waals surface area contributed by atoms with Crippen LogP contribution in [-0.4, -0.2) is 214 Å². The van der Waals surface area contributed by atoms with Crippen molar-refractivity contribution in [2.45, 2.75) is 213 Å². The molecule has 0 bridgehead atoms. The molecule has 4 aliphatic rings. The van der Waals surface area contributed by atoms with Crippen LogP contribution in [0.4, 0.5) is 0 Å². The second kappa shape index (κ2) is 30.8. The Morgan fingerprint density at radius 3 is 1.11 bits per heavy atom. The van der Waals surface area contributed by atoms with E-state index in [1.165, 1.54) is 13.0 Å². The van der Waals surface area contributed by atoms with E-state index in [2.05, 4.69) is 5.32 Å². The Kier molecular flexibility index (Phi) is 25.3. The fourth-order valence-corrected chi connectivity index (χ4v) is 9.36. The zero-order valence-corrected chi connectivity index (χ0v) is 47.8. The van der Waals surface area contributed by atoms with Gasteiger partial charge in [0.25, 0.3) is 0 Å². The minimum atomic E-state index is -2.09. The predicted molar refractivity (Wildman–Crippen MR) is 262 cm³/mol. The van der Waals surface area contributed by atoms with Gasteiger partial charge in [-0.15, -0.1) is 0 Å². The van der Waals surface area contributed by atoms with E-state index in [0.29, 0.717) is 0 Å². The van der Waals surface area contributed by atoms with Gasteiger partial charge in [0.1, 0.15) is 44.2 Å². The Balaban J connectivity index is 1.93. The van der Waals surface area contributed by atoms with E-state index >= 15 is 0 Å². The van der Waals surface area contributed by atoms with Crippen LogP contribution < -0.4 is 5.32 Å². The van der Waals surface area contributed by atoms with Crippen LogP contribution in [0.3, 0.4) is 0 Å². The number of ether oxygens (including phenoxy) is 18. The first-order valence-corrected chi connectivity index (χ1v) is 25.6. The SMILES string of the molecule is CC(=O)OCC1=CC(NC2C(C)OC(OC3C(COC(C)=O)OC(OC4C(COC(C)=O)OC(OC(C)=O)C(OC(C)=O)C4OC(C)=O)C(OC(C)=O)C3OC(C)=O)C(OC(C)=O)C2OC(C)=O)C(OC(C)=O)C(OC(C)=O)C1OC(C)=O. The molecule has 3 fully saturated rings. The van der Waals surface area contributed by atoms with E-state index in [0.717, 1.165) is 90.0 Å². The molecule has 19 unspecified atom stereocenters. The molecule has 0 spiro atoms. The number of nitrogens with one attached hydrogen (secondary N) is 1. The van der Waals surface area contributed by atoms with Gasteiger partial charge in [-0.25, -0.2) is 0 Å². The van der Waals surface area contributed by atoms with Crippen LogP contribution in [0.15, 0.2) is 11.6 Å². The molecule has 83 heavy (non-hydrogen) atoms. The summed E-state index contributed by atoms with van der Waals surface area (Å²) in [6.07, 6.45) is -29.1. The Morgan fingerprint density at radius 1 is 0.361 bits per heavy atom. The highest BCUT2D eigenvalue weighted by molar-refractivity contribution is 5.71. The van der Waals surface area contributed by atoms with Gasteiger partial charge in [-0.2, -0.15) is 0 Å². The van der Waals surface area contributed by atoms with E-state index in [1.807, 2.05) is 0 Å². The Hall–Kier alpha value is -7.39. The highest BCUT2D eigenvalue weighted by Gasteiger charge is 2.60. The number of rotatable bonds is 22. The molecule has 1 N–H and O–H groups in total. The first-order chi connectivity index (χ1) is 38.8. The lowest BCUT2D eigenvalue weighted by atomic mass is 9.85. The van der Waals surface area contributed by atoms with E-state index in [9.17, 15) is 62.3 Å². The van der Waals surface area contributed by atoms with Gasteiger partial charge in [0.15, 0.2) is 61.4 Å². The van der Waals surface area contributed by atoms with Crippen LogP contribution >= 0.6 is 0 Å². The van der Waals surface area contributed by atoms with Gasteiger partial charge < -0.3 is 85.3 Å². The zero-order valence-electron chi connectivity index (χ0n) is 47.8. The fraction of sp³-hybridized carbons (Fsp3) is 0.706. The Morgan fingerprint density at radius 2 is 0.699 bits per heavy atom. The molecule has 464 valence electrons. The standard InChI is InChI=1S/C51H69NO31/c1-19-37(52-34-15-33(16-66-20(2)53)38(70-23(5)56)43(73-26(8)59)39(34)71-24(6)57)42(72-25(7)58)46(76-29(11)62)49(69-19)82-40-36(18-68-22(4)55)81-51(48(78-31(13)64)45(40)75-28(10)61)83-41-35(17-67-21(3)54)80-50(79-32(14)65)47(77-30(12)63)44(41)74-27(9)60/h15,19,34-52H,16-18H2,1-14H3. The molecule has 3 aliphatic heterocycles. The smallest absolute Gasteiger partial charge is 0.305 e. The Labute approximate surface area is 474 Å². The molecule has 0 aromatic carbocycles. The number of esters is 13. The lowest BCUT2D eigenvalue weighted by Crippen LogP contribution is -2.70. The third-order valence-electron chi connectivity index (χ3n) is 12.0. The van der Waals surface area contributed by atoms with Crippen molar-refractivity contribution in [3.8, 4) is 0 Å². The van der Waals surface area contributed by atoms with Crippen molar-refractivity contribution in [2.75, 3.05) is 19.8 Å². The molecule has 32 nitrogen and oxygen atoms in total. The third kappa shape index (κ3) is 20.2. The molecule has 0 amide bonds. The van der Waals surface area contributed by atoms with Gasteiger partial charge in [0.05, 0.1) is 18.2 Å². The Bertz CT molecular complexity index is 2460. The summed E-state index contributed by atoms with van der Waals surface area (Å²) in [7, 11) is 0. The summed E-state index contributed by atoms with van der Waals surface area (Å²) in [6.45, 7) is 12.2. The van der Waals surface area contributed by atoms with Gasteiger partial charge in [-0.1, -0.05) is 6.08 Å². The summed E-state index contributed by atoms with van der Waals surface area (Å²) >= 11 is 0. The molecule has 0 saturated carbocycles. The van der Waals surface area contributed by atoms with Crippen molar-refractivity contribution in [2.24, 2.45) is 0 Å². The normalized spacial score (nSPS) is 32.0. The molecular formula is C51H69NO31. The van der Waals surface area contributed by atoms with Crippen molar-refractivity contribution in [3.05, 3.63) is 11.6 Å². The topological polar surface area (TPSA) is 400 Å². The van der Waals surface area contributed by atoms with Crippen LogP contribution in [0.5, 0.6) is 0 Å². The second-order valence-corrected chi connectivity index (χ2v) is 19.1. The third-order valence-corrected chi connectivity index (χ3v) is 12.0. The summed E-state index contributed by atoms with van der Waals surface area (Å²) in [5.74, 6) is -12.6. The molecule has 0 aromatic heterocycles. The van der Waals surface area contributed by atoms with E-state index in [-0.39, 0.29) is 5.57 Å². The summed E-state index contributed by atoms with van der Waals surface area (Å²) in [6, 6.07) is -2.75. The van der Waals surface area contributed by atoms with Crippen molar-refractivity contribution in [1.29, 1.82) is 0 Å². The van der Waals surface area contributed by atoms with Crippen LogP contribution in [-0.2, 0) is 148 Å². The minimum absolute atomic E-state index is 0.0131. The number of hydrogen-bond acceptors (Lipinski definition) is 32. The zero-order chi connectivity index (χ0) is 62.3. The fourth-order valence-electron chi connectivity index (χ4n) is 9.36. The van der Waals surface area contributed by atoms with E-state index in [1.54, 1.807) is 0 Å². The van der Waals surface area contributed by atoms with Crippen molar-refractivity contribution in [1.82, 2.24) is 5.32 Å². The highest BCUT2D eigenvalue weighted by atomic mass is 16.8. The number of carbonyl (C=O) groups excluding carboxylic acids is 13. The number of carbonyl (C=O) groups is 13. The van der Waals surface area contributed by atoms with Gasteiger partial charge in [-0.3, -0.25) is 67.6 Å². The van der Waals surface area contributed by atoms with Crippen LogP contribution in [0.25, 0.3) is 0 Å². The number of hydrogen-bond donors (Lipinski definition) is 1. The summed E-state index contributed by atoms with van der Waals surface area (Å²) in [5.41, 5.74) is 0.0131. The molecule has 19 atom stereocenters. The molecular weight excluding hydrogens is 1120 g/mol. The van der Waals surface area contributed by atoms with Gasteiger partial charge in [0.2, 0.25) is 12.4 Å². The second-order valence-electron chi connectivity index (χ2n) is 19.1. The maximum absolute atomic E-state index is 13.2. The van der Waals surface area contributed by atoms with E-state index in [4.69, 9.17) is 85.3 Å². The maximum Gasteiger partial charge on any atom is 0.305 e. The van der Waals surface area contributed by atoms with Gasteiger partial charge >= 0.3 is 77.6 Å². The van der Waals surface area contributed by atoms with Gasteiger partial charge in [-0.05, 0) is 6.92 Å². The molecule has 1 aliphatic carbocycles. The van der Waals surface area contributed by atoms with Crippen LogP contribution in [0.1, 0.15) is 96.9 Å². The average molecular weight is 1190 g/mol. The monoisotopic (exact) mass is 1190 g/mol. The van der Waals surface area contributed by atoms with Crippen molar-refractivity contribution < 1.29 is 148 Å². The first kappa shape index (κ1) is 68.1. The molecule has 0 aromatic rings. The molecule has 4 rings (SSSR count). The van der Waals surface area contributed by atoms with Crippen LogP contribution in [0, 0.1) is 0 Å². The van der Waals surface area contributed by atoms with Crippen molar-refractivity contribution in [3.63, 3.8) is 0 Å². The quantitative estimate of drug-likeness (QED) is 0.0760. The van der Waals surface area contributed by atoms with Crippen molar-refractivity contribution >= 4 is 77.6 Å². The summed E-state index contributed by atoms with van der Waals surface area (Å²) in [4.78, 5) is 165. The maximum atomic E-state index is 13.2. The lowest BCUT2D eigenvalue weighted by molar-refractivity contribution is -0.375. The average Bonchev–Trinajstić information content (AvgIpc) is 3.48. The molecule has 32 heteroatoms.